The molecule has 0 unspecified atom stereocenters. The van der Waals surface area contributed by atoms with Crippen molar-refractivity contribution >= 4 is 44.4 Å². The molecule has 1 aromatic carbocycles. The van der Waals surface area contributed by atoms with E-state index in [9.17, 15) is 4.79 Å². The highest BCUT2D eigenvalue weighted by molar-refractivity contribution is 7.20. The van der Waals surface area contributed by atoms with E-state index in [1.165, 1.54) is 11.3 Å². The van der Waals surface area contributed by atoms with E-state index in [4.69, 9.17) is 5.73 Å². The average Bonchev–Trinajstić information content (AvgIpc) is 3.03. The predicted molar refractivity (Wildman–Crippen MR) is 88.9 cm³/mol. The van der Waals surface area contributed by atoms with Gasteiger partial charge in [-0.25, -0.2) is 4.98 Å². The number of rotatable bonds is 3. The summed E-state index contributed by atoms with van der Waals surface area (Å²) in [7, 11) is 1.82. The second kappa shape index (κ2) is 5.46. The molecule has 0 fully saturated rings. The molecule has 0 saturated carbocycles. The number of carbonyl (C=O) groups is 1. The predicted octanol–water partition coefficient (Wildman–Crippen LogP) is 3.52. The summed E-state index contributed by atoms with van der Waals surface area (Å²) in [4.78, 5) is 20.3. The van der Waals surface area contributed by atoms with Crippen molar-refractivity contribution < 1.29 is 4.79 Å². The first kappa shape index (κ1) is 14.0. The number of benzene rings is 1. The summed E-state index contributed by atoms with van der Waals surface area (Å²) in [6, 6.07) is 7.62. The lowest BCUT2D eigenvalue weighted by atomic mass is 10.2. The van der Waals surface area contributed by atoms with Crippen LogP contribution in [-0.2, 0) is 6.54 Å². The van der Waals surface area contributed by atoms with Gasteiger partial charge in [-0.2, -0.15) is 0 Å². The Morgan fingerprint density at radius 1 is 1.33 bits per heavy atom. The number of nitrogens with zero attached hydrogens (tertiary/aromatic N) is 2. The Morgan fingerprint density at radius 3 is 2.86 bits per heavy atom. The van der Waals surface area contributed by atoms with Crippen molar-refractivity contribution in [3.05, 3.63) is 45.2 Å². The van der Waals surface area contributed by atoms with Gasteiger partial charge >= 0.3 is 0 Å². The monoisotopic (exact) mass is 317 g/mol. The Hall–Kier alpha value is -1.92. The van der Waals surface area contributed by atoms with Gasteiger partial charge in [-0.05, 0) is 36.6 Å². The first-order valence-corrected chi connectivity index (χ1v) is 8.12. The number of nitrogen functional groups attached to an aromatic ring is 1. The van der Waals surface area contributed by atoms with E-state index >= 15 is 0 Å². The molecular formula is C15H15N3OS2. The smallest absolute Gasteiger partial charge is 0.264 e. The Bertz CT molecular complexity index is 806. The van der Waals surface area contributed by atoms with E-state index in [1.807, 2.05) is 44.4 Å². The Morgan fingerprint density at radius 2 is 2.14 bits per heavy atom. The first-order valence-electron chi connectivity index (χ1n) is 6.49. The number of thiazole rings is 1. The van der Waals surface area contributed by atoms with Crippen molar-refractivity contribution in [2.24, 2.45) is 0 Å². The molecule has 0 aliphatic rings. The van der Waals surface area contributed by atoms with Crippen LogP contribution in [0.15, 0.2) is 30.5 Å². The summed E-state index contributed by atoms with van der Waals surface area (Å²) in [5, 5.41) is 2.04. The topological polar surface area (TPSA) is 59.2 Å². The Balaban J connectivity index is 1.82. The molecule has 2 N–H and O–H groups in total. The van der Waals surface area contributed by atoms with Crippen LogP contribution in [0, 0.1) is 6.92 Å². The van der Waals surface area contributed by atoms with E-state index in [1.54, 1.807) is 16.2 Å². The molecule has 1 amide bonds. The average molecular weight is 317 g/mol. The number of fused-ring (bicyclic) bond motifs is 1. The lowest BCUT2D eigenvalue weighted by Crippen LogP contribution is -2.24. The molecule has 0 radical (unpaired) electrons. The number of carbonyl (C=O) groups excluding carboxylic acids is 1. The van der Waals surface area contributed by atoms with E-state index in [0.29, 0.717) is 12.2 Å². The van der Waals surface area contributed by atoms with Crippen LogP contribution in [0.2, 0.25) is 0 Å². The van der Waals surface area contributed by atoms with Gasteiger partial charge in [-0.15, -0.1) is 22.7 Å². The summed E-state index contributed by atoms with van der Waals surface area (Å²) < 4.78 is 1.08. The molecule has 0 atom stereocenters. The van der Waals surface area contributed by atoms with Crippen LogP contribution in [0.5, 0.6) is 0 Å². The van der Waals surface area contributed by atoms with Gasteiger partial charge < -0.3 is 10.6 Å². The summed E-state index contributed by atoms with van der Waals surface area (Å²) in [6.45, 7) is 2.55. The fraction of sp³-hybridized carbons (Fsp3) is 0.200. The SMILES string of the molecule is Cc1ncc(CN(C)C(=O)c2cc3cc(N)ccc3s2)s1. The quantitative estimate of drug-likeness (QED) is 0.752. The number of hydrogen-bond donors (Lipinski definition) is 1. The Kier molecular flexibility index (Phi) is 3.65. The van der Waals surface area contributed by atoms with Gasteiger partial charge in [0, 0.05) is 28.5 Å². The van der Waals surface area contributed by atoms with E-state index in [2.05, 4.69) is 4.98 Å². The first-order chi connectivity index (χ1) is 10.0. The standard InChI is InChI=1S/C15H15N3OS2/c1-9-17-7-12(20-9)8-18(2)15(19)14-6-10-5-11(16)3-4-13(10)21-14/h3-7H,8,16H2,1-2H3. The van der Waals surface area contributed by atoms with E-state index < -0.39 is 0 Å². The lowest BCUT2D eigenvalue weighted by Gasteiger charge is -2.14. The van der Waals surface area contributed by atoms with Gasteiger partial charge in [0.2, 0.25) is 0 Å². The van der Waals surface area contributed by atoms with Crippen LogP contribution in [0.3, 0.4) is 0 Å². The molecule has 0 spiro atoms. The van der Waals surface area contributed by atoms with Crippen LogP contribution < -0.4 is 5.73 Å². The minimum Gasteiger partial charge on any atom is -0.399 e. The number of aromatic nitrogens is 1. The fourth-order valence-electron chi connectivity index (χ4n) is 2.14. The Labute approximate surface area is 130 Å². The maximum atomic E-state index is 12.5. The van der Waals surface area contributed by atoms with Crippen molar-refractivity contribution in [3.8, 4) is 0 Å². The van der Waals surface area contributed by atoms with Gasteiger partial charge in [0.15, 0.2) is 0 Å². The maximum absolute atomic E-state index is 12.5. The third-order valence-electron chi connectivity index (χ3n) is 3.16. The zero-order valence-electron chi connectivity index (χ0n) is 11.8. The maximum Gasteiger partial charge on any atom is 0.264 e. The van der Waals surface area contributed by atoms with Gasteiger partial charge in [0.1, 0.15) is 0 Å². The molecule has 4 nitrogen and oxygen atoms in total. The van der Waals surface area contributed by atoms with Crippen LogP contribution in [0.25, 0.3) is 10.1 Å². The van der Waals surface area contributed by atoms with Crippen molar-refractivity contribution in [1.29, 1.82) is 0 Å². The minimum absolute atomic E-state index is 0.0285. The van der Waals surface area contributed by atoms with Gasteiger partial charge in [0.05, 0.1) is 16.4 Å². The number of nitrogens with two attached hydrogens (primary N) is 1. The third kappa shape index (κ3) is 2.91. The molecule has 108 valence electrons. The molecule has 0 saturated heterocycles. The number of aryl methyl sites for hydroxylation is 1. The van der Waals surface area contributed by atoms with Gasteiger partial charge in [-0.3, -0.25) is 4.79 Å². The highest BCUT2D eigenvalue weighted by atomic mass is 32.1. The molecule has 2 aromatic heterocycles. The lowest BCUT2D eigenvalue weighted by molar-refractivity contribution is 0.0791. The third-order valence-corrected chi connectivity index (χ3v) is 5.16. The summed E-state index contributed by atoms with van der Waals surface area (Å²) in [5.74, 6) is 0.0285. The van der Waals surface area contributed by atoms with Crippen molar-refractivity contribution in [2.45, 2.75) is 13.5 Å². The number of anilines is 1. The zero-order chi connectivity index (χ0) is 15.0. The second-order valence-corrected chi connectivity index (χ2v) is 7.32. The van der Waals surface area contributed by atoms with Gasteiger partial charge in [-0.1, -0.05) is 0 Å². The highest BCUT2D eigenvalue weighted by Gasteiger charge is 2.16. The second-order valence-electron chi connectivity index (χ2n) is 4.91. The van der Waals surface area contributed by atoms with E-state index in [-0.39, 0.29) is 5.91 Å². The molecule has 3 aromatic rings. The van der Waals surface area contributed by atoms with Crippen LogP contribution in [0.1, 0.15) is 19.6 Å². The number of amides is 1. The van der Waals surface area contributed by atoms with Crippen LogP contribution in [-0.4, -0.2) is 22.8 Å². The van der Waals surface area contributed by atoms with Crippen LogP contribution in [0.4, 0.5) is 5.69 Å². The number of thiophene rings is 1. The molecule has 0 aliphatic heterocycles. The summed E-state index contributed by atoms with van der Waals surface area (Å²) in [5.41, 5.74) is 6.49. The summed E-state index contributed by atoms with van der Waals surface area (Å²) in [6.07, 6.45) is 1.83. The normalized spacial score (nSPS) is 11.0. The van der Waals surface area contributed by atoms with Gasteiger partial charge in [0.25, 0.3) is 5.91 Å². The van der Waals surface area contributed by atoms with Crippen molar-refractivity contribution in [2.75, 3.05) is 12.8 Å². The number of hydrogen-bond acceptors (Lipinski definition) is 5. The van der Waals surface area contributed by atoms with Crippen molar-refractivity contribution in [1.82, 2.24) is 9.88 Å². The van der Waals surface area contributed by atoms with Crippen LogP contribution >= 0.6 is 22.7 Å². The highest BCUT2D eigenvalue weighted by Crippen LogP contribution is 2.28. The molecule has 6 heteroatoms. The fourth-order valence-corrected chi connectivity index (χ4v) is 4.03. The molecule has 0 bridgehead atoms. The van der Waals surface area contributed by atoms with E-state index in [0.717, 1.165) is 24.8 Å². The van der Waals surface area contributed by atoms with Crippen molar-refractivity contribution in [3.63, 3.8) is 0 Å². The largest absolute Gasteiger partial charge is 0.399 e. The minimum atomic E-state index is 0.0285. The molecular weight excluding hydrogens is 302 g/mol. The zero-order valence-corrected chi connectivity index (χ0v) is 13.4. The summed E-state index contributed by atoms with van der Waals surface area (Å²) >= 11 is 3.12. The molecule has 2 heterocycles. The molecule has 3 rings (SSSR count). The molecule has 0 aliphatic carbocycles. The molecule has 21 heavy (non-hydrogen) atoms.